The van der Waals surface area contributed by atoms with Crippen molar-refractivity contribution in [3.8, 4) is 0 Å². The molecule has 4 heteroatoms. The smallest absolute Gasteiger partial charge is 0.337 e. The molecule has 3 nitrogen and oxygen atoms in total. The Balaban J connectivity index is 2.10. The van der Waals surface area contributed by atoms with Gasteiger partial charge in [-0.2, -0.15) is 0 Å². The molecule has 2 rings (SSSR count). The average molecular weight is 262 g/mol. The minimum atomic E-state index is -0.340. The second-order valence-electron chi connectivity index (χ2n) is 3.70. The molecule has 0 amide bonds. The molecule has 2 aromatic rings. The molecule has 0 fully saturated rings. The highest BCUT2D eigenvalue weighted by molar-refractivity contribution is 6.30. The zero-order valence-corrected chi connectivity index (χ0v) is 10.6. The Morgan fingerprint density at radius 1 is 1.00 bits per heavy atom. The van der Waals surface area contributed by atoms with Gasteiger partial charge in [0.2, 0.25) is 0 Å². The largest absolute Gasteiger partial charge is 0.465 e. The maximum atomic E-state index is 11.3. The Morgan fingerprint density at radius 3 is 2.00 bits per heavy atom. The Bertz CT molecular complexity index is 535. The normalized spacial score (nSPS) is 9.89. The predicted molar refractivity (Wildman–Crippen MR) is 72.5 cm³/mol. The summed E-state index contributed by atoms with van der Waals surface area (Å²) in [6.45, 7) is 0. The van der Waals surface area contributed by atoms with E-state index in [2.05, 4.69) is 10.1 Å². The van der Waals surface area contributed by atoms with Crippen molar-refractivity contribution in [3.63, 3.8) is 0 Å². The number of halogens is 1. The standard InChI is InChI=1S/C14H12ClNO2/c1-18-14(17)10-2-6-12(7-3-10)16-13-8-4-11(15)5-9-13/h2-9,16H,1H3. The van der Waals surface area contributed by atoms with Crippen LogP contribution in [0.3, 0.4) is 0 Å². The van der Waals surface area contributed by atoms with Gasteiger partial charge in [0.05, 0.1) is 12.7 Å². The minimum absolute atomic E-state index is 0.340. The van der Waals surface area contributed by atoms with Crippen LogP contribution in [0.15, 0.2) is 48.5 Å². The fourth-order valence-electron chi connectivity index (χ4n) is 1.51. The number of anilines is 2. The molecule has 0 heterocycles. The molecule has 0 saturated heterocycles. The molecule has 1 N–H and O–H groups in total. The number of methoxy groups -OCH3 is 1. The van der Waals surface area contributed by atoms with Gasteiger partial charge in [-0.25, -0.2) is 4.79 Å². The summed E-state index contributed by atoms with van der Waals surface area (Å²) >= 11 is 5.81. The lowest BCUT2D eigenvalue weighted by Gasteiger charge is -2.07. The van der Waals surface area contributed by atoms with E-state index < -0.39 is 0 Å². The molecular weight excluding hydrogens is 250 g/mol. The lowest BCUT2D eigenvalue weighted by atomic mass is 10.2. The molecule has 0 radical (unpaired) electrons. The van der Waals surface area contributed by atoms with Crippen LogP contribution in [0.2, 0.25) is 5.02 Å². The maximum Gasteiger partial charge on any atom is 0.337 e. The second-order valence-corrected chi connectivity index (χ2v) is 4.14. The fourth-order valence-corrected chi connectivity index (χ4v) is 1.63. The zero-order valence-electron chi connectivity index (χ0n) is 9.81. The predicted octanol–water partition coefficient (Wildman–Crippen LogP) is 3.87. The lowest BCUT2D eigenvalue weighted by Crippen LogP contribution is -2.00. The molecule has 0 unspecified atom stereocenters. The van der Waals surface area contributed by atoms with E-state index in [4.69, 9.17) is 11.6 Å². The Labute approximate surface area is 110 Å². The van der Waals surface area contributed by atoms with Gasteiger partial charge in [0.1, 0.15) is 0 Å². The number of nitrogens with one attached hydrogen (secondary N) is 1. The number of rotatable bonds is 3. The van der Waals surface area contributed by atoms with Crippen LogP contribution >= 0.6 is 11.6 Å². The van der Waals surface area contributed by atoms with E-state index in [1.807, 2.05) is 36.4 Å². The molecule has 0 spiro atoms. The first-order chi connectivity index (χ1) is 8.69. The summed E-state index contributed by atoms with van der Waals surface area (Å²) in [5, 5.41) is 3.90. The minimum Gasteiger partial charge on any atom is -0.465 e. The third kappa shape index (κ3) is 3.02. The van der Waals surface area contributed by atoms with Crippen LogP contribution in [0.4, 0.5) is 11.4 Å². The summed E-state index contributed by atoms with van der Waals surface area (Å²) in [5.41, 5.74) is 2.36. The van der Waals surface area contributed by atoms with Gasteiger partial charge in [0, 0.05) is 16.4 Å². The van der Waals surface area contributed by atoms with E-state index in [0.717, 1.165) is 11.4 Å². The van der Waals surface area contributed by atoms with Gasteiger partial charge in [-0.1, -0.05) is 11.6 Å². The Morgan fingerprint density at radius 2 is 1.50 bits per heavy atom. The van der Waals surface area contributed by atoms with Crippen molar-refractivity contribution in [3.05, 3.63) is 59.1 Å². The van der Waals surface area contributed by atoms with Gasteiger partial charge < -0.3 is 10.1 Å². The van der Waals surface area contributed by atoms with Gasteiger partial charge in [0.25, 0.3) is 0 Å². The van der Waals surface area contributed by atoms with Gasteiger partial charge in [-0.05, 0) is 48.5 Å². The summed E-state index contributed by atoms with van der Waals surface area (Å²) in [6.07, 6.45) is 0. The highest BCUT2D eigenvalue weighted by atomic mass is 35.5. The highest BCUT2D eigenvalue weighted by Gasteiger charge is 2.04. The molecule has 0 atom stereocenters. The first kappa shape index (κ1) is 12.5. The van der Waals surface area contributed by atoms with Crippen LogP contribution in [-0.2, 0) is 4.74 Å². The van der Waals surface area contributed by atoms with Crippen molar-refractivity contribution in [2.45, 2.75) is 0 Å². The van der Waals surface area contributed by atoms with Crippen LogP contribution < -0.4 is 5.32 Å². The number of carbonyl (C=O) groups is 1. The van der Waals surface area contributed by atoms with Crippen molar-refractivity contribution in [2.24, 2.45) is 0 Å². The van der Waals surface area contributed by atoms with E-state index in [1.165, 1.54) is 7.11 Å². The zero-order chi connectivity index (χ0) is 13.0. The summed E-state index contributed by atoms with van der Waals surface area (Å²) in [5.74, 6) is -0.340. The number of benzene rings is 2. The first-order valence-electron chi connectivity index (χ1n) is 5.40. The molecule has 0 bridgehead atoms. The molecular formula is C14H12ClNO2. The van der Waals surface area contributed by atoms with Crippen molar-refractivity contribution in [1.82, 2.24) is 0 Å². The third-order valence-electron chi connectivity index (χ3n) is 2.44. The van der Waals surface area contributed by atoms with Crippen molar-refractivity contribution in [2.75, 3.05) is 12.4 Å². The molecule has 0 saturated carbocycles. The van der Waals surface area contributed by atoms with E-state index in [1.54, 1.807) is 12.1 Å². The molecule has 0 aromatic heterocycles. The molecule has 0 aliphatic rings. The molecule has 0 aliphatic carbocycles. The number of hydrogen-bond donors (Lipinski definition) is 1. The number of ether oxygens (including phenoxy) is 1. The van der Waals surface area contributed by atoms with E-state index in [0.29, 0.717) is 10.6 Å². The fraction of sp³-hybridized carbons (Fsp3) is 0.0714. The summed E-state index contributed by atoms with van der Waals surface area (Å²) < 4.78 is 4.63. The quantitative estimate of drug-likeness (QED) is 0.853. The van der Waals surface area contributed by atoms with Crippen LogP contribution in [0.1, 0.15) is 10.4 Å². The molecule has 18 heavy (non-hydrogen) atoms. The monoisotopic (exact) mass is 261 g/mol. The van der Waals surface area contributed by atoms with Crippen molar-refractivity contribution >= 4 is 28.9 Å². The molecule has 92 valence electrons. The van der Waals surface area contributed by atoms with E-state index in [-0.39, 0.29) is 5.97 Å². The number of carbonyl (C=O) groups excluding carboxylic acids is 1. The highest BCUT2D eigenvalue weighted by Crippen LogP contribution is 2.19. The van der Waals surface area contributed by atoms with Crippen molar-refractivity contribution in [1.29, 1.82) is 0 Å². The van der Waals surface area contributed by atoms with Gasteiger partial charge in [-0.3, -0.25) is 0 Å². The average Bonchev–Trinajstić information content (AvgIpc) is 2.41. The van der Waals surface area contributed by atoms with Crippen LogP contribution in [0, 0.1) is 0 Å². The maximum absolute atomic E-state index is 11.3. The Hall–Kier alpha value is -2.00. The van der Waals surface area contributed by atoms with E-state index in [9.17, 15) is 4.79 Å². The lowest BCUT2D eigenvalue weighted by molar-refractivity contribution is 0.0601. The molecule has 2 aromatic carbocycles. The summed E-state index contributed by atoms with van der Waals surface area (Å²) in [7, 11) is 1.36. The SMILES string of the molecule is COC(=O)c1ccc(Nc2ccc(Cl)cc2)cc1. The number of esters is 1. The number of hydrogen-bond acceptors (Lipinski definition) is 3. The van der Waals surface area contributed by atoms with Gasteiger partial charge >= 0.3 is 5.97 Å². The van der Waals surface area contributed by atoms with Gasteiger partial charge in [-0.15, -0.1) is 0 Å². The Kier molecular flexibility index (Phi) is 3.85. The first-order valence-corrected chi connectivity index (χ1v) is 5.78. The van der Waals surface area contributed by atoms with Crippen LogP contribution in [0.5, 0.6) is 0 Å². The van der Waals surface area contributed by atoms with Crippen molar-refractivity contribution < 1.29 is 9.53 Å². The topological polar surface area (TPSA) is 38.3 Å². The third-order valence-corrected chi connectivity index (χ3v) is 2.69. The summed E-state index contributed by atoms with van der Waals surface area (Å²) in [4.78, 5) is 11.3. The second kappa shape index (κ2) is 5.56. The molecule has 0 aliphatic heterocycles. The van der Waals surface area contributed by atoms with Crippen LogP contribution in [-0.4, -0.2) is 13.1 Å². The van der Waals surface area contributed by atoms with Gasteiger partial charge in [0.15, 0.2) is 0 Å². The summed E-state index contributed by atoms with van der Waals surface area (Å²) in [6, 6.07) is 14.5. The van der Waals surface area contributed by atoms with Crippen LogP contribution in [0.25, 0.3) is 0 Å². The van der Waals surface area contributed by atoms with E-state index >= 15 is 0 Å².